The molecule has 0 fully saturated rings. The molecule has 1 heterocycles. The zero-order valence-electron chi connectivity index (χ0n) is 9.44. The van der Waals surface area contributed by atoms with Crippen LogP contribution < -0.4 is 4.72 Å². The lowest BCUT2D eigenvalue weighted by molar-refractivity contribution is 0.593. The Morgan fingerprint density at radius 3 is 2.50 bits per heavy atom. The Morgan fingerprint density at radius 2 is 1.90 bits per heavy atom. The maximum Gasteiger partial charge on any atom is 0.263 e. The molecule has 2 aromatic rings. The van der Waals surface area contributed by atoms with Gasteiger partial charge in [-0.2, -0.15) is 4.98 Å². The summed E-state index contributed by atoms with van der Waals surface area (Å²) >= 11 is 14.1. The number of rotatable bonds is 3. The highest BCUT2D eigenvalue weighted by Gasteiger charge is 2.17. The Labute approximate surface area is 132 Å². The number of halogens is 4. The first-order chi connectivity index (χ1) is 9.28. The smallest absolute Gasteiger partial charge is 0.263 e. The average molecular weight is 401 g/mol. The van der Waals surface area contributed by atoms with Crippen LogP contribution in [0.3, 0.4) is 0 Å². The van der Waals surface area contributed by atoms with E-state index < -0.39 is 15.8 Å². The van der Waals surface area contributed by atoms with Crippen LogP contribution in [-0.4, -0.2) is 18.4 Å². The monoisotopic (exact) mass is 399 g/mol. The maximum absolute atomic E-state index is 13.4. The summed E-state index contributed by atoms with van der Waals surface area (Å²) in [5.74, 6) is -0.815. The van der Waals surface area contributed by atoms with Gasteiger partial charge in [-0.1, -0.05) is 11.6 Å². The van der Waals surface area contributed by atoms with Crippen molar-refractivity contribution in [3.8, 4) is 0 Å². The number of nitrogens with one attached hydrogen (secondary N) is 1. The summed E-state index contributed by atoms with van der Waals surface area (Å²) in [7, 11) is -4.00. The third kappa shape index (κ3) is 3.57. The van der Waals surface area contributed by atoms with E-state index in [1.807, 2.05) is 0 Å². The predicted octanol–water partition coefficient (Wildman–Crippen LogP) is 3.49. The summed E-state index contributed by atoms with van der Waals surface area (Å²) in [6, 6.07) is 4.57. The Hall–Kier alpha value is -0.960. The molecule has 106 valence electrons. The van der Waals surface area contributed by atoms with Crippen molar-refractivity contribution in [1.29, 1.82) is 0 Å². The van der Waals surface area contributed by atoms with Gasteiger partial charge in [0, 0.05) is 6.07 Å². The molecule has 0 aliphatic rings. The van der Waals surface area contributed by atoms with E-state index in [9.17, 15) is 12.8 Å². The lowest BCUT2D eigenvalue weighted by Gasteiger charge is -2.08. The van der Waals surface area contributed by atoms with Crippen LogP contribution in [0.5, 0.6) is 0 Å². The molecule has 0 aliphatic carbocycles. The van der Waals surface area contributed by atoms with Gasteiger partial charge in [0.05, 0.1) is 9.37 Å². The summed E-state index contributed by atoms with van der Waals surface area (Å²) in [4.78, 5) is 6.98. The van der Waals surface area contributed by atoms with Crippen molar-refractivity contribution in [2.75, 3.05) is 4.72 Å². The number of anilines is 1. The molecular formula is C10H5BrCl2FN3O2S. The van der Waals surface area contributed by atoms with Crippen molar-refractivity contribution in [3.05, 3.63) is 45.0 Å². The van der Waals surface area contributed by atoms with Crippen molar-refractivity contribution in [2.24, 2.45) is 0 Å². The highest BCUT2D eigenvalue weighted by atomic mass is 79.9. The van der Waals surface area contributed by atoms with Gasteiger partial charge in [-0.25, -0.2) is 17.8 Å². The average Bonchev–Trinajstić information content (AvgIpc) is 2.30. The van der Waals surface area contributed by atoms with Gasteiger partial charge in [0.15, 0.2) is 0 Å². The van der Waals surface area contributed by atoms with Crippen LogP contribution in [-0.2, 0) is 10.0 Å². The van der Waals surface area contributed by atoms with Crippen molar-refractivity contribution >= 4 is 55.0 Å². The summed E-state index contributed by atoms with van der Waals surface area (Å²) in [5.41, 5.74) is 0. The normalized spacial score (nSPS) is 11.4. The number of sulfonamides is 1. The first-order valence-corrected chi connectivity index (χ1v) is 7.99. The van der Waals surface area contributed by atoms with Gasteiger partial charge < -0.3 is 0 Å². The zero-order valence-corrected chi connectivity index (χ0v) is 13.4. The first kappa shape index (κ1) is 15.4. The third-order valence-corrected chi connectivity index (χ3v) is 4.47. The van der Waals surface area contributed by atoms with Crippen molar-refractivity contribution < 1.29 is 12.8 Å². The van der Waals surface area contributed by atoms with E-state index in [1.54, 1.807) is 0 Å². The van der Waals surface area contributed by atoms with Crippen LogP contribution in [0.15, 0.2) is 33.6 Å². The summed E-state index contributed by atoms with van der Waals surface area (Å²) in [5, 5.41) is -0.234. The second kappa shape index (κ2) is 5.80. The molecule has 0 radical (unpaired) electrons. The van der Waals surface area contributed by atoms with Gasteiger partial charge in [0.2, 0.25) is 5.28 Å². The largest absolute Gasteiger partial charge is 0.263 e. The fraction of sp³-hybridized carbons (Fsp3) is 0. The molecule has 0 amide bonds. The lowest BCUT2D eigenvalue weighted by Crippen LogP contribution is -2.14. The van der Waals surface area contributed by atoms with E-state index in [0.29, 0.717) is 0 Å². The van der Waals surface area contributed by atoms with Crippen LogP contribution in [0, 0.1) is 5.82 Å². The molecule has 0 saturated heterocycles. The Balaban J connectivity index is 2.37. The molecule has 20 heavy (non-hydrogen) atoms. The summed E-state index contributed by atoms with van der Waals surface area (Å²) in [6.07, 6.45) is 0. The van der Waals surface area contributed by atoms with Crippen molar-refractivity contribution in [1.82, 2.24) is 9.97 Å². The first-order valence-electron chi connectivity index (χ1n) is 4.96. The number of hydrogen-bond donors (Lipinski definition) is 1. The van der Waals surface area contributed by atoms with Crippen LogP contribution in [0.2, 0.25) is 10.4 Å². The molecular weight excluding hydrogens is 396 g/mol. The second-order valence-corrected chi connectivity index (χ2v) is 6.79. The lowest BCUT2D eigenvalue weighted by atomic mass is 10.3. The molecule has 5 nitrogen and oxygen atoms in total. The molecule has 10 heteroatoms. The van der Waals surface area contributed by atoms with Gasteiger partial charge in [0.1, 0.15) is 16.8 Å². The van der Waals surface area contributed by atoms with E-state index in [0.717, 1.165) is 6.07 Å². The number of nitrogens with zero attached hydrogens (tertiary/aromatic N) is 2. The maximum atomic E-state index is 13.4. The SMILES string of the molecule is O=S(=O)(Nc1cc(Cl)nc(Cl)n1)c1ccc(Br)c(F)c1. The van der Waals surface area contributed by atoms with Gasteiger partial charge in [-0.05, 0) is 45.7 Å². The topological polar surface area (TPSA) is 72.0 Å². The number of hydrogen-bond acceptors (Lipinski definition) is 4. The van der Waals surface area contributed by atoms with Crippen LogP contribution in [0.25, 0.3) is 0 Å². The van der Waals surface area contributed by atoms with E-state index in [1.165, 1.54) is 18.2 Å². The van der Waals surface area contributed by atoms with E-state index in [-0.39, 0.29) is 25.6 Å². The summed E-state index contributed by atoms with van der Waals surface area (Å²) < 4.78 is 39.8. The van der Waals surface area contributed by atoms with Crippen molar-refractivity contribution in [3.63, 3.8) is 0 Å². The van der Waals surface area contributed by atoms with Crippen LogP contribution in [0.4, 0.5) is 10.2 Å². The number of benzene rings is 1. The molecule has 2 rings (SSSR count). The zero-order chi connectivity index (χ0) is 14.9. The standard InChI is InChI=1S/C10H5BrCl2FN3O2S/c11-6-2-1-5(3-7(6)14)20(18,19)17-9-4-8(12)15-10(13)16-9/h1-4H,(H,15,16,17). The van der Waals surface area contributed by atoms with Gasteiger partial charge in [-0.15, -0.1) is 0 Å². The summed E-state index contributed by atoms with van der Waals surface area (Å²) in [6.45, 7) is 0. The minimum Gasteiger partial charge on any atom is -0.263 e. The van der Waals surface area contributed by atoms with Crippen molar-refractivity contribution in [2.45, 2.75) is 4.90 Å². The van der Waals surface area contributed by atoms with Gasteiger partial charge in [-0.3, -0.25) is 4.72 Å². The van der Waals surface area contributed by atoms with Crippen LogP contribution >= 0.6 is 39.1 Å². The number of aromatic nitrogens is 2. The predicted molar refractivity (Wildman–Crippen MR) is 77.0 cm³/mol. The fourth-order valence-electron chi connectivity index (χ4n) is 1.28. The highest BCUT2D eigenvalue weighted by Crippen LogP contribution is 2.22. The molecule has 1 aromatic carbocycles. The molecule has 0 unspecified atom stereocenters. The van der Waals surface area contributed by atoms with Gasteiger partial charge >= 0.3 is 0 Å². The second-order valence-electron chi connectivity index (χ2n) is 3.53. The minimum absolute atomic E-state index is 0.0234. The molecule has 0 atom stereocenters. The molecule has 0 aliphatic heterocycles. The Bertz CT molecular complexity index is 753. The Kier molecular flexibility index (Phi) is 4.48. The van der Waals surface area contributed by atoms with Crippen LogP contribution in [0.1, 0.15) is 0 Å². The van der Waals surface area contributed by atoms with E-state index in [4.69, 9.17) is 23.2 Å². The minimum atomic E-state index is -4.00. The quantitative estimate of drug-likeness (QED) is 0.632. The molecule has 1 N–H and O–H groups in total. The Morgan fingerprint density at radius 1 is 1.20 bits per heavy atom. The highest BCUT2D eigenvalue weighted by molar-refractivity contribution is 9.10. The molecule has 0 spiro atoms. The molecule has 0 saturated carbocycles. The molecule has 1 aromatic heterocycles. The molecule has 0 bridgehead atoms. The van der Waals surface area contributed by atoms with E-state index in [2.05, 4.69) is 30.6 Å². The van der Waals surface area contributed by atoms with E-state index >= 15 is 0 Å². The third-order valence-electron chi connectivity index (χ3n) is 2.11. The van der Waals surface area contributed by atoms with Gasteiger partial charge in [0.25, 0.3) is 10.0 Å². The fourth-order valence-corrected chi connectivity index (χ4v) is 2.94.